The molecule has 6 nitrogen and oxygen atoms in total. The molecular formula is C30H49NO5Si. The van der Waals surface area contributed by atoms with Crippen LogP contribution in [0.15, 0.2) is 42.0 Å². The molecule has 1 aliphatic rings. The molecule has 0 spiro atoms. The first-order chi connectivity index (χ1) is 17.5. The summed E-state index contributed by atoms with van der Waals surface area (Å²) in [4.78, 5) is 27.4. The second-order valence-electron chi connectivity index (χ2n) is 10.9. The van der Waals surface area contributed by atoms with E-state index in [1.807, 2.05) is 44.2 Å². The van der Waals surface area contributed by atoms with E-state index in [1.165, 1.54) is 10.5 Å². The molecule has 6 atom stereocenters. The lowest BCUT2D eigenvalue weighted by atomic mass is 9.81. The van der Waals surface area contributed by atoms with Crippen molar-refractivity contribution in [2.24, 2.45) is 17.8 Å². The number of nitrogens with zero attached hydrogens (tertiary/aromatic N) is 1. The molecule has 208 valence electrons. The van der Waals surface area contributed by atoms with Crippen LogP contribution in [0.25, 0.3) is 0 Å². The second-order valence-corrected chi connectivity index (χ2v) is 15.6. The molecule has 2 amide bonds. The predicted molar refractivity (Wildman–Crippen MR) is 152 cm³/mol. The molecule has 0 aromatic heterocycles. The highest BCUT2D eigenvalue weighted by Crippen LogP contribution is 2.34. The van der Waals surface area contributed by atoms with Gasteiger partial charge in [-0.1, -0.05) is 83.5 Å². The van der Waals surface area contributed by atoms with Crippen LogP contribution in [0.2, 0.25) is 18.1 Å². The summed E-state index contributed by atoms with van der Waals surface area (Å²) in [5, 5.41) is 11.5. The van der Waals surface area contributed by atoms with Gasteiger partial charge in [-0.3, -0.25) is 4.79 Å². The number of imide groups is 1. The quantitative estimate of drug-likeness (QED) is 0.216. The summed E-state index contributed by atoms with van der Waals surface area (Å²) in [6, 6.07) is 12.5. The van der Waals surface area contributed by atoms with Crippen LogP contribution in [0, 0.1) is 17.8 Å². The average molecular weight is 532 g/mol. The Balaban J connectivity index is 2.26. The molecule has 1 heterocycles. The third-order valence-corrected chi connectivity index (χ3v) is 13.1. The summed E-state index contributed by atoms with van der Waals surface area (Å²) < 4.78 is 12.3. The molecule has 0 saturated carbocycles. The summed E-state index contributed by atoms with van der Waals surface area (Å²) in [6.07, 6.45) is 1.76. The van der Waals surface area contributed by atoms with Gasteiger partial charge in [0.2, 0.25) is 5.91 Å². The zero-order chi connectivity index (χ0) is 27.8. The monoisotopic (exact) mass is 531 g/mol. The standard InChI is InChI=1S/C30H49NO5Si/c1-9-21(5)18-22(6)28(36-37(10-2,11-3)12-4)23(7)27(32)24(8)29(33)31-26(20-35-30(31)34)19-25-16-14-13-15-17-25/h9,13-17,22-24,26-28,32H,10-12,18-20H2,1-8H3/b21-9+/t22-,23-,24-,26-,27+,28-/m0/s1. The Hall–Kier alpha value is -1.96. The number of rotatable bonds is 14. The minimum atomic E-state index is -1.97. The maximum atomic E-state index is 13.6. The number of carbonyl (C=O) groups is 2. The lowest BCUT2D eigenvalue weighted by Crippen LogP contribution is -2.51. The van der Waals surface area contributed by atoms with Crippen molar-refractivity contribution in [3.05, 3.63) is 47.5 Å². The van der Waals surface area contributed by atoms with E-state index < -0.39 is 26.4 Å². The number of amides is 2. The predicted octanol–water partition coefficient (Wildman–Crippen LogP) is 6.59. The minimum Gasteiger partial charge on any atom is -0.447 e. The van der Waals surface area contributed by atoms with Gasteiger partial charge in [-0.05, 0) is 56.3 Å². The fourth-order valence-electron chi connectivity index (χ4n) is 5.55. The van der Waals surface area contributed by atoms with Gasteiger partial charge in [-0.15, -0.1) is 0 Å². The molecule has 0 bridgehead atoms. The van der Waals surface area contributed by atoms with E-state index in [4.69, 9.17) is 9.16 Å². The van der Waals surface area contributed by atoms with Crippen molar-refractivity contribution in [2.45, 2.75) is 105 Å². The summed E-state index contributed by atoms with van der Waals surface area (Å²) in [5.74, 6) is -1.24. The SMILES string of the molecule is C/C=C(\C)C[C@H](C)[C@H](O[Si](CC)(CC)CC)[C@@H](C)[C@@H](O)[C@H](C)C(=O)N1C(=O)OC[C@@H]1Cc1ccccc1. The first-order valence-electron chi connectivity index (χ1n) is 14.0. The van der Waals surface area contributed by atoms with Crippen LogP contribution in [0.1, 0.15) is 67.4 Å². The molecule has 1 saturated heterocycles. The van der Waals surface area contributed by atoms with Gasteiger partial charge in [0, 0.05) is 5.92 Å². The maximum absolute atomic E-state index is 13.6. The van der Waals surface area contributed by atoms with E-state index in [0.717, 1.165) is 30.1 Å². The highest BCUT2D eigenvalue weighted by Gasteiger charge is 2.45. The van der Waals surface area contributed by atoms with Crippen LogP contribution in [-0.2, 0) is 20.4 Å². The van der Waals surface area contributed by atoms with Crippen LogP contribution >= 0.6 is 0 Å². The molecular weight excluding hydrogens is 482 g/mol. The highest BCUT2D eigenvalue weighted by atomic mass is 28.4. The van der Waals surface area contributed by atoms with Gasteiger partial charge in [-0.2, -0.15) is 0 Å². The Bertz CT molecular complexity index is 892. The number of aliphatic hydroxyl groups excluding tert-OH is 1. The Kier molecular flexibility index (Phi) is 12.0. The first kappa shape index (κ1) is 31.3. The minimum absolute atomic E-state index is 0.168. The maximum Gasteiger partial charge on any atom is 0.416 e. The molecule has 1 fully saturated rings. The van der Waals surface area contributed by atoms with Gasteiger partial charge in [0.05, 0.1) is 24.2 Å². The topological polar surface area (TPSA) is 76.1 Å². The number of hydrogen-bond acceptors (Lipinski definition) is 5. The normalized spacial score (nSPS) is 20.8. The third kappa shape index (κ3) is 7.77. The highest BCUT2D eigenvalue weighted by molar-refractivity contribution is 6.73. The molecule has 2 rings (SSSR count). The number of ether oxygens (including phenoxy) is 1. The van der Waals surface area contributed by atoms with Crippen LogP contribution in [0.5, 0.6) is 0 Å². The van der Waals surface area contributed by atoms with Gasteiger partial charge in [0.1, 0.15) is 6.61 Å². The van der Waals surface area contributed by atoms with E-state index in [2.05, 4.69) is 40.7 Å². The molecule has 1 aromatic rings. The van der Waals surface area contributed by atoms with Crippen molar-refractivity contribution >= 4 is 20.3 Å². The molecule has 0 radical (unpaired) electrons. The third-order valence-electron chi connectivity index (χ3n) is 8.49. The van der Waals surface area contributed by atoms with Crippen molar-refractivity contribution in [1.82, 2.24) is 4.90 Å². The van der Waals surface area contributed by atoms with E-state index in [0.29, 0.717) is 6.42 Å². The van der Waals surface area contributed by atoms with E-state index >= 15 is 0 Å². The van der Waals surface area contributed by atoms with Crippen molar-refractivity contribution in [3.8, 4) is 0 Å². The summed E-state index contributed by atoms with van der Waals surface area (Å²) >= 11 is 0. The van der Waals surface area contributed by atoms with E-state index in [1.54, 1.807) is 6.92 Å². The molecule has 1 aromatic carbocycles. The zero-order valence-electron chi connectivity index (χ0n) is 24.2. The average Bonchev–Trinajstić information content (AvgIpc) is 3.27. The Labute approximate surface area is 225 Å². The lowest BCUT2D eigenvalue weighted by Gasteiger charge is -2.41. The summed E-state index contributed by atoms with van der Waals surface area (Å²) in [7, 11) is -1.97. The Morgan fingerprint density at radius 2 is 1.76 bits per heavy atom. The van der Waals surface area contributed by atoms with Crippen molar-refractivity contribution in [1.29, 1.82) is 0 Å². The van der Waals surface area contributed by atoms with Crippen LogP contribution in [0.3, 0.4) is 0 Å². The van der Waals surface area contributed by atoms with E-state index in [-0.39, 0.29) is 36.5 Å². The molecule has 1 N–H and O–H groups in total. The largest absolute Gasteiger partial charge is 0.447 e. The number of carbonyl (C=O) groups excluding carboxylic acids is 2. The summed E-state index contributed by atoms with van der Waals surface area (Å²) in [5.41, 5.74) is 2.32. The van der Waals surface area contributed by atoms with Gasteiger partial charge in [-0.25, -0.2) is 9.69 Å². The summed E-state index contributed by atoms with van der Waals surface area (Å²) in [6.45, 7) is 16.8. The van der Waals surface area contributed by atoms with Gasteiger partial charge >= 0.3 is 6.09 Å². The Morgan fingerprint density at radius 1 is 1.16 bits per heavy atom. The van der Waals surface area contributed by atoms with Crippen molar-refractivity contribution in [3.63, 3.8) is 0 Å². The van der Waals surface area contributed by atoms with Crippen LogP contribution in [0.4, 0.5) is 4.79 Å². The van der Waals surface area contributed by atoms with Gasteiger partial charge in [0.25, 0.3) is 0 Å². The molecule has 1 aliphatic heterocycles. The molecule has 0 unspecified atom stereocenters. The molecule has 37 heavy (non-hydrogen) atoms. The van der Waals surface area contributed by atoms with Crippen molar-refractivity contribution < 1.29 is 23.9 Å². The number of cyclic esters (lactones) is 1. The fourth-order valence-corrected chi connectivity index (χ4v) is 8.58. The van der Waals surface area contributed by atoms with Gasteiger partial charge < -0.3 is 14.3 Å². The van der Waals surface area contributed by atoms with Crippen LogP contribution < -0.4 is 0 Å². The number of benzene rings is 1. The zero-order valence-corrected chi connectivity index (χ0v) is 25.2. The van der Waals surface area contributed by atoms with Crippen LogP contribution in [-0.4, -0.2) is 55.2 Å². The molecule has 0 aliphatic carbocycles. The fraction of sp³-hybridized carbons (Fsp3) is 0.667. The lowest BCUT2D eigenvalue weighted by molar-refractivity contribution is -0.139. The molecule has 7 heteroatoms. The number of allylic oxidation sites excluding steroid dienone is 2. The number of aliphatic hydroxyl groups is 1. The smallest absolute Gasteiger partial charge is 0.416 e. The van der Waals surface area contributed by atoms with Gasteiger partial charge in [0.15, 0.2) is 8.32 Å². The Morgan fingerprint density at radius 3 is 2.30 bits per heavy atom. The van der Waals surface area contributed by atoms with E-state index in [9.17, 15) is 14.7 Å². The second kappa shape index (κ2) is 14.3. The van der Waals surface area contributed by atoms with Crippen molar-refractivity contribution in [2.75, 3.05) is 6.61 Å². The number of hydrogen-bond donors (Lipinski definition) is 1. The first-order valence-corrected chi connectivity index (χ1v) is 16.6.